The van der Waals surface area contributed by atoms with Gasteiger partial charge in [0.1, 0.15) is 0 Å². The second-order valence-electron chi connectivity index (χ2n) is 6.78. The van der Waals surface area contributed by atoms with Crippen LogP contribution >= 0.6 is 0 Å². The van der Waals surface area contributed by atoms with E-state index in [9.17, 15) is 15.0 Å². The Morgan fingerprint density at radius 3 is 2.08 bits per heavy atom. The Kier molecular flexibility index (Phi) is 17.3. The number of nitrogens with zero attached hydrogens (tertiary/aromatic N) is 1. The number of ether oxygens (including phenoxy) is 1. The van der Waals surface area contributed by atoms with Crippen molar-refractivity contribution in [3.63, 3.8) is 0 Å². The summed E-state index contributed by atoms with van der Waals surface area (Å²) in [5, 5.41) is 28.0. The fraction of sp³-hybridized carbons (Fsp3) is 0.947. The van der Waals surface area contributed by atoms with Crippen molar-refractivity contribution in [3.05, 3.63) is 0 Å². The molecule has 0 aromatic carbocycles. The van der Waals surface area contributed by atoms with Crippen molar-refractivity contribution in [1.29, 1.82) is 0 Å². The lowest BCUT2D eigenvalue weighted by molar-refractivity contribution is 0.0897. The normalized spacial score (nSPS) is 12.3. The summed E-state index contributed by atoms with van der Waals surface area (Å²) < 4.78 is 5.01. The van der Waals surface area contributed by atoms with Crippen LogP contribution in [0, 0.1) is 0 Å². The molecule has 0 aliphatic heterocycles. The number of methoxy groups -OCH3 is 1. The Morgan fingerprint density at radius 1 is 0.920 bits per heavy atom. The zero-order valence-electron chi connectivity index (χ0n) is 16.0. The van der Waals surface area contributed by atoms with Gasteiger partial charge in [0, 0.05) is 33.4 Å². The number of hydrogen-bond acceptors (Lipinski definition) is 4. The molecule has 1 unspecified atom stereocenters. The van der Waals surface area contributed by atoms with Crippen LogP contribution in [0.5, 0.6) is 0 Å². The number of rotatable bonds is 18. The first-order chi connectivity index (χ1) is 12.1. The van der Waals surface area contributed by atoms with Crippen LogP contribution in [-0.4, -0.2) is 65.8 Å². The van der Waals surface area contributed by atoms with Crippen LogP contribution in [0.4, 0.5) is 4.79 Å². The quantitative estimate of drug-likeness (QED) is 0.324. The molecule has 6 heteroatoms. The Labute approximate surface area is 153 Å². The van der Waals surface area contributed by atoms with Gasteiger partial charge in [-0.05, 0) is 25.7 Å². The zero-order chi connectivity index (χ0) is 18.8. The predicted molar refractivity (Wildman–Crippen MR) is 100.0 cm³/mol. The molecule has 3 N–H and O–H groups in total. The molecule has 0 rings (SSSR count). The SMILES string of the molecule is COCCCCCCCC(O)CN(CCCCCCCCO)C(=O)O. The van der Waals surface area contributed by atoms with Crippen molar-refractivity contribution in [2.75, 3.05) is 33.4 Å². The highest BCUT2D eigenvalue weighted by atomic mass is 16.5. The Balaban J connectivity index is 3.70. The largest absolute Gasteiger partial charge is 0.465 e. The lowest BCUT2D eigenvalue weighted by Gasteiger charge is -2.22. The molecule has 0 aliphatic rings. The average Bonchev–Trinajstić information content (AvgIpc) is 2.59. The van der Waals surface area contributed by atoms with Gasteiger partial charge in [-0.1, -0.05) is 51.4 Å². The monoisotopic (exact) mass is 361 g/mol. The molecule has 1 atom stereocenters. The molecule has 0 saturated heterocycles. The van der Waals surface area contributed by atoms with Crippen molar-refractivity contribution in [2.24, 2.45) is 0 Å². The van der Waals surface area contributed by atoms with Gasteiger partial charge >= 0.3 is 6.09 Å². The Morgan fingerprint density at radius 2 is 1.48 bits per heavy atom. The van der Waals surface area contributed by atoms with Crippen molar-refractivity contribution in [3.8, 4) is 0 Å². The van der Waals surface area contributed by atoms with E-state index in [-0.39, 0.29) is 13.2 Å². The Hall–Kier alpha value is -0.850. The van der Waals surface area contributed by atoms with Crippen LogP contribution in [-0.2, 0) is 4.74 Å². The molecule has 0 heterocycles. The van der Waals surface area contributed by atoms with Gasteiger partial charge in [0.15, 0.2) is 0 Å². The second-order valence-corrected chi connectivity index (χ2v) is 6.78. The summed E-state index contributed by atoms with van der Waals surface area (Å²) >= 11 is 0. The molecule has 0 bridgehead atoms. The van der Waals surface area contributed by atoms with E-state index in [0.29, 0.717) is 13.0 Å². The number of carboxylic acid groups (broad SMARTS) is 1. The van der Waals surface area contributed by atoms with E-state index in [4.69, 9.17) is 9.84 Å². The first kappa shape index (κ1) is 24.1. The summed E-state index contributed by atoms with van der Waals surface area (Å²) in [6.07, 6.45) is 10.4. The van der Waals surface area contributed by atoms with E-state index in [2.05, 4.69) is 0 Å². The minimum Gasteiger partial charge on any atom is -0.465 e. The van der Waals surface area contributed by atoms with E-state index >= 15 is 0 Å². The Bertz CT molecular complexity index is 302. The van der Waals surface area contributed by atoms with Crippen LogP contribution < -0.4 is 0 Å². The molecule has 6 nitrogen and oxygen atoms in total. The molecule has 0 aromatic heterocycles. The molecule has 0 fully saturated rings. The third-order valence-corrected chi connectivity index (χ3v) is 4.42. The van der Waals surface area contributed by atoms with Gasteiger partial charge in [0.2, 0.25) is 0 Å². The van der Waals surface area contributed by atoms with Crippen LogP contribution in [0.1, 0.15) is 77.0 Å². The molecule has 0 aliphatic carbocycles. The highest BCUT2D eigenvalue weighted by Crippen LogP contribution is 2.10. The van der Waals surface area contributed by atoms with Gasteiger partial charge in [0.25, 0.3) is 0 Å². The second kappa shape index (κ2) is 18.0. The maximum Gasteiger partial charge on any atom is 0.407 e. The van der Waals surface area contributed by atoms with Gasteiger partial charge in [-0.25, -0.2) is 4.79 Å². The summed E-state index contributed by atoms with van der Waals surface area (Å²) in [6.45, 7) is 1.75. The first-order valence-corrected chi connectivity index (χ1v) is 9.87. The van der Waals surface area contributed by atoms with Crippen LogP contribution in [0.2, 0.25) is 0 Å². The summed E-state index contributed by atoms with van der Waals surface area (Å²) in [6, 6.07) is 0. The molecule has 0 radical (unpaired) electrons. The third kappa shape index (κ3) is 16.4. The summed E-state index contributed by atoms with van der Waals surface area (Å²) in [5.41, 5.74) is 0. The van der Waals surface area contributed by atoms with E-state index < -0.39 is 12.2 Å². The standard InChI is InChI=1S/C19H39NO5/c1-25-16-12-8-4-5-9-13-18(22)17-20(19(23)24)14-10-6-2-3-7-11-15-21/h18,21-22H,2-17H2,1H3,(H,23,24). The van der Waals surface area contributed by atoms with E-state index in [0.717, 1.165) is 77.2 Å². The lowest BCUT2D eigenvalue weighted by Crippen LogP contribution is -2.37. The molecule has 25 heavy (non-hydrogen) atoms. The third-order valence-electron chi connectivity index (χ3n) is 4.42. The van der Waals surface area contributed by atoms with E-state index in [1.54, 1.807) is 7.11 Å². The van der Waals surface area contributed by atoms with Gasteiger partial charge < -0.3 is 25.0 Å². The van der Waals surface area contributed by atoms with Crippen LogP contribution in [0.25, 0.3) is 0 Å². The smallest absolute Gasteiger partial charge is 0.407 e. The maximum atomic E-state index is 11.3. The van der Waals surface area contributed by atoms with Crippen LogP contribution in [0.15, 0.2) is 0 Å². The highest BCUT2D eigenvalue weighted by molar-refractivity contribution is 5.64. The van der Waals surface area contributed by atoms with Crippen molar-refractivity contribution >= 4 is 6.09 Å². The number of amides is 1. The summed E-state index contributed by atoms with van der Waals surface area (Å²) in [4.78, 5) is 12.6. The number of hydrogen-bond donors (Lipinski definition) is 3. The van der Waals surface area contributed by atoms with Gasteiger partial charge in [-0.2, -0.15) is 0 Å². The lowest BCUT2D eigenvalue weighted by atomic mass is 10.1. The molecule has 150 valence electrons. The predicted octanol–water partition coefficient (Wildman–Crippen LogP) is 3.65. The first-order valence-electron chi connectivity index (χ1n) is 9.87. The fourth-order valence-electron chi connectivity index (χ4n) is 2.89. The molecule has 0 saturated carbocycles. The van der Waals surface area contributed by atoms with Crippen molar-refractivity contribution < 1.29 is 24.9 Å². The minimum atomic E-state index is -0.945. The number of aliphatic hydroxyl groups excluding tert-OH is 2. The molecule has 0 spiro atoms. The maximum absolute atomic E-state index is 11.3. The zero-order valence-corrected chi connectivity index (χ0v) is 16.0. The van der Waals surface area contributed by atoms with Gasteiger partial charge in [-0.3, -0.25) is 0 Å². The molecule has 1 amide bonds. The summed E-state index contributed by atoms with van der Waals surface area (Å²) in [7, 11) is 1.71. The highest BCUT2D eigenvalue weighted by Gasteiger charge is 2.15. The van der Waals surface area contributed by atoms with E-state index in [1.807, 2.05) is 0 Å². The summed E-state index contributed by atoms with van der Waals surface area (Å²) in [5.74, 6) is 0. The molecular weight excluding hydrogens is 322 g/mol. The number of aliphatic hydroxyl groups is 2. The number of unbranched alkanes of at least 4 members (excludes halogenated alkanes) is 9. The molecule has 0 aromatic rings. The van der Waals surface area contributed by atoms with E-state index in [1.165, 1.54) is 4.90 Å². The topological polar surface area (TPSA) is 90.2 Å². The average molecular weight is 362 g/mol. The van der Waals surface area contributed by atoms with Gasteiger partial charge in [0.05, 0.1) is 6.10 Å². The fourth-order valence-corrected chi connectivity index (χ4v) is 2.89. The minimum absolute atomic E-state index is 0.212. The molecular formula is C19H39NO5. The number of carbonyl (C=O) groups is 1. The van der Waals surface area contributed by atoms with Crippen molar-refractivity contribution in [2.45, 2.75) is 83.2 Å². The van der Waals surface area contributed by atoms with Crippen LogP contribution in [0.3, 0.4) is 0 Å². The van der Waals surface area contributed by atoms with Crippen molar-refractivity contribution in [1.82, 2.24) is 4.90 Å². The van der Waals surface area contributed by atoms with Gasteiger partial charge in [-0.15, -0.1) is 0 Å².